The maximum absolute atomic E-state index is 16.2. The van der Waals surface area contributed by atoms with Crippen LogP contribution in [0.1, 0.15) is 162 Å². The number of nitrogens with zero attached hydrogens (tertiary/aromatic N) is 4. The van der Waals surface area contributed by atoms with Crippen molar-refractivity contribution >= 4 is 157 Å². The summed E-state index contributed by atoms with van der Waals surface area (Å²) in [6.07, 6.45) is -15.4. The van der Waals surface area contributed by atoms with Gasteiger partial charge in [0.15, 0.2) is 40.7 Å². The number of aliphatic carboxylic acids is 5. The van der Waals surface area contributed by atoms with Crippen LogP contribution in [-0.2, 0) is 107 Å². The highest BCUT2D eigenvalue weighted by Crippen LogP contribution is 2.65. The summed E-state index contributed by atoms with van der Waals surface area (Å²) in [6.45, 7) is 9.81. The second kappa shape index (κ2) is 49.7. The Morgan fingerprint density at radius 3 is 1.80 bits per heavy atom. The van der Waals surface area contributed by atoms with Crippen LogP contribution >= 0.6 is 21.6 Å². The van der Waals surface area contributed by atoms with E-state index >= 15 is 4.79 Å². The van der Waals surface area contributed by atoms with Gasteiger partial charge in [0, 0.05) is 86.4 Å². The first-order valence-corrected chi connectivity index (χ1v) is 46.9. The van der Waals surface area contributed by atoms with Gasteiger partial charge in [0.05, 0.1) is 67.2 Å². The van der Waals surface area contributed by atoms with Crippen LogP contribution in [0.2, 0.25) is 0 Å². The third kappa shape index (κ3) is 29.0. The molecule has 1 saturated heterocycles. The molecule has 1 aliphatic heterocycles. The lowest BCUT2D eigenvalue weighted by atomic mass is 9.44. The first kappa shape index (κ1) is 111. The van der Waals surface area contributed by atoms with Gasteiger partial charge in [0.25, 0.3) is 17.4 Å². The normalized spacial score (nSPS) is 21.1. The molecule has 22 N–H and O–H groups in total. The second-order valence-corrected chi connectivity index (χ2v) is 37.1. The molecule has 17 atom stereocenters. The van der Waals surface area contributed by atoms with Crippen molar-refractivity contribution in [3.63, 3.8) is 0 Å². The van der Waals surface area contributed by atoms with Gasteiger partial charge in [0.1, 0.15) is 66.8 Å². The van der Waals surface area contributed by atoms with Crippen molar-refractivity contribution in [3.05, 3.63) is 171 Å². The highest BCUT2D eigenvalue weighted by molar-refractivity contribution is 8.76. The summed E-state index contributed by atoms with van der Waals surface area (Å²) in [6, 6.07) is 19.2. The molecule has 143 heavy (non-hydrogen) atoms. The number of Topliss-reactive ketones (excluding diaryl/α,β-unsaturated/α-hetero) is 1. The first-order chi connectivity index (χ1) is 67.5. The Balaban J connectivity index is 0.000000325. The molecule has 2 saturated carbocycles. The average molecular weight is 2030 g/mol. The molecule has 3 fully saturated rings. The summed E-state index contributed by atoms with van der Waals surface area (Å²) >= 11 is 0. The number of carbonyl (C=O) groups is 18. The molecule has 3 heterocycles. The van der Waals surface area contributed by atoms with E-state index in [2.05, 4.69) is 67.5 Å². The molecule has 49 nitrogen and oxygen atoms in total. The lowest BCUT2D eigenvalue weighted by Crippen LogP contribution is -2.82. The molecule has 1 unspecified atom stereocenters. The standard InChI is InChI=1S/C55H62N2O19S2.C37H48N14O14/c1-29-37(73-50(67)42(61)41(33-17-11-8-12-18-33)57-47(63)34-19-13-9-14-20-34)26-55(69)46(75-49(66)35-21-15-10-16-22-35)44-53(7,45(62)43(72-31(3)59)40(29)52(55,5)6)38(25-39-54(44,28-71-39)76-32(4)60)74-51(68)70-23-24-77-78-27-36(48(64)65)56-30(2)58;1-16(11-25(53)54)44-32(61)23(13-27(57)58)49-31(60)20(3-2-10-41-36(38)39)47-33(62)22(12-26(55)56)46-24(52)9-8-21(35(64)65)48-30(59)17-4-6-18(7-5-17)42-14-19-15-43-29-28(45-19)34(63)51-37(40)50-29/h8-22,36-39,41-44,46,61,69H,23-28H2,1-7H3,(H,56,58)(H,57,63)(H,64,65);4-7,15-16,20-23,42H,2-3,8-14H2,1H3,(H,44,61)(H,46,52)(H,47,62)(H,48,59)(H,49,60)(H,53,54)(H,55,56)(H,57,58)(H,64,65)(H4,38,39,41)(H3,40,43,50,51,63)/t36-,37-,38-,39+,41-,42+,43+,44?,46-,53+,54-,55+;16-,20+,21+,22+,23+/m01/s1. The number of carboxylic acids is 5. The number of fused-ring (bicyclic) bond motifs is 6. The number of nitrogen functional groups attached to an aromatic ring is 1. The van der Waals surface area contributed by atoms with Crippen molar-refractivity contribution in [3.8, 4) is 0 Å². The Labute approximate surface area is 822 Å². The molecule has 10 rings (SSSR count). The number of esters is 4. The highest BCUT2D eigenvalue weighted by Gasteiger charge is 2.79. The van der Waals surface area contributed by atoms with E-state index in [4.69, 9.17) is 55.5 Å². The number of rotatable bonds is 45. The number of ether oxygens (including phenoxy) is 7. The number of carboxylic acid groups (broad SMARTS) is 5. The minimum atomic E-state index is -2.54. The third-order valence-electron chi connectivity index (χ3n) is 23.9. The summed E-state index contributed by atoms with van der Waals surface area (Å²) in [5, 5.41) is 92.4. The van der Waals surface area contributed by atoms with E-state index in [1.807, 2.05) is 0 Å². The largest absolute Gasteiger partial charge is 0.508 e. The van der Waals surface area contributed by atoms with E-state index in [0.29, 0.717) is 16.9 Å². The molecule has 4 aromatic carbocycles. The van der Waals surface area contributed by atoms with Crippen LogP contribution in [0, 0.1) is 16.7 Å². The van der Waals surface area contributed by atoms with E-state index in [1.165, 1.54) is 96.3 Å². The van der Waals surface area contributed by atoms with E-state index < -0.39 is 265 Å². The number of nitrogens with two attached hydrogens (primary N) is 3. The van der Waals surface area contributed by atoms with Gasteiger partial charge in [-0.05, 0) is 105 Å². The van der Waals surface area contributed by atoms with Crippen LogP contribution in [0.5, 0.6) is 0 Å². The molecule has 4 aliphatic rings. The van der Waals surface area contributed by atoms with E-state index in [-0.39, 0.29) is 101 Å². The molecule has 768 valence electrons. The number of amides is 7. The molecule has 3 aliphatic carbocycles. The molecule has 0 spiro atoms. The fourth-order valence-electron chi connectivity index (χ4n) is 17.0. The van der Waals surface area contributed by atoms with Crippen LogP contribution in [-0.4, -0.2) is 284 Å². The number of aliphatic imine (C=N–C) groups is 1. The molecule has 51 heteroatoms. The maximum Gasteiger partial charge on any atom is 0.508 e. The third-order valence-corrected chi connectivity index (χ3v) is 26.3. The number of aliphatic hydroxyl groups excluding tert-OH is 1. The molecule has 7 amide bonds. The number of guanidine groups is 1. The molecular formula is C92H110N16O33S2. The van der Waals surface area contributed by atoms with Crippen LogP contribution in [0.4, 0.5) is 16.4 Å². The zero-order valence-electron chi connectivity index (χ0n) is 78.3. The number of aliphatic hydroxyl groups is 2. The Kier molecular flexibility index (Phi) is 38.7. The summed E-state index contributed by atoms with van der Waals surface area (Å²) in [4.78, 5) is 265. The van der Waals surface area contributed by atoms with E-state index in [9.17, 15) is 117 Å². The van der Waals surface area contributed by atoms with Gasteiger partial charge in [0.2, 0.25) is 35.5 Å². The Morgan fingerprint density at radius 1 is 0.643 bits per heavy atom. The number of H-pyrrole nitrogens is 1. The zero-order valence-corrected chi connectivity index (χ0v) is 80.0. The number of benzene rings is 4. The summed E-state index contributed by atoms with van der Waals surface area (Å²) in [7, 11) is 2.23. The first-order valence-electron chi connectivity index (χ1n) is 44.4. The summed E-state index contributed by atoms with van der Waals surface area (Å²) in [5.74, 6) is -20.8. The van der Waals surface area contributed by atoms with Crippen LogP contribution < -0.4 is 65.3 Å². The lowest BCUT2D eigenvalue weighted by molar-refractivity contribution is -0.346. The Bertz CT molecular complexity index is 5880. The van der Waals surface area contributed by atoms with Crippen molar-refractivity contribution in [2.24, 2.45) is 33.2 Å². The van der Waals surface area contributed by atoms with Gasteiger partial charge in [-0.1, -0.05) is 102 Å². The predicted molar refractivity (Wildman–Crippen MR) is 502 cm³/mol. The minimum absolute atomic E-state index is 0.00188. The molecular weight excluding hydrogens is 1920 g/mol. The Morgan fingerprint density at radius 2 is 1.22 bits per heavy atom. The second-order valence-electron chi connectivity index (χ2n) is 34.5. The number of aromatic amines is 1. The van der Waals surface area contributed by atoms with Crippen molar-refractivity contribution in [1.82, 2.24) is 57.2 Å². The monoisotopic (exact) mass is 2030 g/mol. The molecule has 6 aromatic rings. The predicted octanol–water partition coefficient (Wildman–Crippen LogP) is 1.17. The van der Waals surface area contributed by atoms with Gasteiger partial charge < -0.3 is 129 Å². The Hall–Kier alpha value is -15.2. The van der Waals surface area contributed by atoms with Gasteiger partial charge in [-0.15, -0.1) is 0 Å². The van der Waals surface area contributed by atoms with Crippen molar-refractivity contribution in [2.45, 2.75) is 210 Å². The van der Waals surface area contributed by atoms with Gasteiger partial charge in [-0.3, -0.25) is 77.1 Å². The van der Waals surface area contributed by atoms with E-state index in [1.54, 1.807) is 66.7 Å². The quantitative estimate of drug-likeness (QED) is 0.00485. The SMILES string of the molecule is CC(=O)N[C@@H](CSSCCOC(=O)O[C@H]1C[C@H]2OC[C@@]2(OC(C)=O)C2[C@H](OC(=O)c3ccccc3)[C@]3(O)C[C@H](OC(=O)[C@H](O)[C@@H](NC(=O)c4ccccc4)c4ccccc4)C(C)=C([C@@H](OC(C)=O)C(=O)[C@@]21C)C3(C)C)C(=O)O.C[C@H](CC(=O)O)NC(=O)[C@H](CC(=O)O)NC(=O)[C@H](CCCN=C(N)N)NC(=O)[C@H](CC(=O)O)NC(=O)CC[C@H](NC(=O)c1ccc(NCc2cnc3nc(N)[nH]c(=O)c3n2)cc1)C(=O)O. The number of nitrogens with one attached hydrogen (secondary N) is 9. The number of hydrogen-bond donors (Lipinski definition) is 19. The lowest BCUT2D eigenvalue weighted by Gasteiger charge is -2.67. The van der Waals surface area contributed by atoms with Crippen LogP contribution in [0.3, 0.4) is 0 Å². The number of ketones is 1. The highest BCUT2D eigenvalue weighted by atomic mass is 33.1. The van der Waals surface area contributed by atoms with Crippen molar-refractivity contribution in [2.75, 3.05) is 42.3 Å². The molecule has 2 bridgehead atoms. The smallest absolute Gasteiger partial charge is 0.481 e. The summed E-state index contributed by atoms with van der Waals surface area (Å²) in [5.41, 5.74) is 8.52. The number of carbonyl (C=O) groups excluding carboxylic acids is 13. The number of aromatic nitrogens is 4. The number of anilines is 2. The van der Waals surface area contributed by atoms with Crippen molar-refractivity contribution in [1.29, 1.82) is 0 Å². The topological polar surface area (TPSA) is 772 Å². The fraction of sp³-hybridized carbons (Fsp3) is 0.446. The fourth-order valence-corrected chi connectivity index (χ4v) is 19.0. The minimum Gasteiger partial charge on any atom is -0.481 e. The van der Waals surface area contributed by atoms with Crippen LogP contribution in [0.15, 0.2) is 142 Å². The zero-order chi connectivity index (χ0) is 105. The van der Waals surface area contributed by atoms with Crippen LogP contribution in [0.25, 0.3) is 11.2 Å². The number of hydrogen-bond acceptors (Lipinski definition) is 36. The van der Waals surface area contributed by atoms with Gasteiger partial charge in [-0.2, -0.15) is 4.98 Å². The van der Waals surface area contributed by atoms with Gasteiger partial charge >= 0.3 is 59.9 Å². The van der Waals surface area contributed by atoms with Gasteiger partial charge in [-0.25, -0.2) is 33.9 Å². The average Bonchev–Trinajstić information content (AvgIpc) is 0.664. The summed E-state index contributed by atoms with van der Waals surface area (Å²) < 4.78 is 42.4. The van der Waals surface area contributed by atoms with E-state index in [0.717, 1.165) is 35.4 Å². The molecule has 0 radical (unpaired) electrons. The molecule has 2 aromatic heterocycles. The van der Waals surface area contributed by atoms with Crippen molar-refractivity contribution < 1.29 is 155 Å². The maximum atomic E-state index is 16.2.